The van der Waals surface area contributed by atoms with Gasteiger partial charge in [0.2, 0.25) is 0 Å². The molecule has 0 spiro atoms. The summed E-state index contributed by atoms with van der Waals surface area (Å²) in [6.07, 6.45) is 4.66. The Kier molecular flexibility index (Phi) is 5.12. The Hall–Kier alpha value is -1.09. The van der Waals surface area contributed by atoms with Gasteiger partial charge in [-0.3, -0.25) is 4.98 Å². The molecule has 1 heterocycles. The van der Waals surface area contributed by atoms with Gasteiger partial charge in [0, 0.05) is 30.5 Å². The lowest BCUT2D eigenvalue weighted by Gasteiger charge is -2.12. The van der Waals surface area contributed by atoms with Gasteiger partial charge in [-0.25, -0.2) is 0 Å². The van der Waals surface area contributed by atoms with Crippen molar-refractivity contribution in [3.05, 3.63) is 24.0 Å². The van der Waals surface area contributed by atoms with E-state index in [0.717, 1.165) is 30.9 Å². The first-order chi connectivity index (χ1) is 7.24. The molecule has 0 aliphatic heterocycles. The second kappa shape index (κ2) is 6.40. The van der Waals surface area contributed by atoms with E-state index in [1.165, 1.54) is 0 Å². The molecule has 0 radical (unpaired) electrons. The van der Waals surface area contributed by atoms with Gasteiger partial charge in [-0.05, 0) is 12.5 Å². The van der Waals surface area contributed by atoms with Crippen molar-refractivity contribution < 1.29 is 4.74 Å². The Labute approximate surface area is 91.9 Å². The van der Waals surface area contributed by atoms with Gasteiger partial charge in [-0.15, -0.1) is 0 Å². The van der Waals surface area contributed by atoms with E-state index in [9.17, 15) is 0 Å². The summed E-state index contributed by atoms with van der Waals surface area (Å²) in [6.45, 7) is 7.93. The van der Waals surface area contributed by atoms with Crippen molar-refractivity contribution in [1.29, 1.82) is 0 Å². The van der Waals surface area contributed by atoms with E-state index in [0.29, 0.717) is 6.04 Å². The van der Waals surface area contributed by atoms with Crippen molar-refractivity contribution in [1.82, 2.24) is 10.3 Å². The molecule has 1 rings (SSSR count). The standard InChI is InChI=1S/C12H20N2O/c1-4-7-15-12-5-6-13-8-11(12)9-14-10(2)3/h5-6,8,10,14H,4,7,9H2,1-3H3. The van der Waals surface area contributed by atoms with Crippen molar-refractivity contribution in [2.75, 3.05) is 6.61 Å². The monoisotopic (exact) mass is 208 g/mol. The van der Waals surface area contributed by atoms with Crippen molar-refractivity contribution >= 4 is 0 Å². The van der Waals surface area contributed by atoms with E-state index in [-0.39, 0.29) is 0 Å². The average Bonchev–Trinajstić information content (AvgIpc) is 2.24. The molecule has 3 nitrogen and oxygen atoms in total. The fourth-order valence-electron chi connectivity index (χ4n) is 1.21. The molecule has 0 saturated carbocycles. The number of hydrogen-bond donors (Lipinski definition) is 1. The van der Waals surface area contributed by atoms with E-state index in [1.54, 1.807) is 6.20 Å². The van der Waals surface area contributed by atoms with Crippen LogP contribution in [0, 0.1) is 0 Å². The average molecular weight is 208 g/mol. The van der Waals surface area contributed by atoms with E-state index in [4.69, 9.17) is 4.74 Å². The Morgan fingerprint density at radius 3 is 2.93 bits per heavy atom. The molecule has 0 aliphatic rings. The van der Waals surface area contributed by atoms with Crippen LogP contribution in [-0.2, 0) is 6.54 Å². The van der Waals surface area contributed by atoms with Gasteiger partial charge in [0.1, 0.15) is 5.75 Å². The fourth-order valence-corrected chi connectivity index (χ4v) is 1.21. The second-order valence-corrected chi connectivity index (χ2v) is 3.87. The zero-order valence-electron chi connectivity index (χ0n) is 9.79. The first-order valence-corrected chi connectivity index (χ1v) is 5.53. The largest absolute Gasteiger partial charge is 0.493 e. The van der Waals surface area contributed by atoms with Crippen LogP contribution in [0.4, 0.5) is 0 Å². The van der Waals surface area contributed by atoms with Gasteiger partial charge in [0.05, 0.1) is 6.61 Å². The first kappa shape index (κ1) is 12.0. The Morgan fingerprint density at radius 1 is 1.47 bits per heavy atom. The molecule has 0 atom stereocenters. The maximum atomic E-state index is 5.64. The maximum absolute atomic E-state index is 5.64. The van der Waals surface area contributed by atoms with E-state index in [1.807, 2.05) is 12.3 Å². The van der Waals surface area contributed by atoms with Crippen molar-refractivity contribution in [2.45, 2.75) is 39.8 Å². The SMILES string of the molecule is CCCOc1ccncc1CNC(C)C. The molecule has 0 unspecified atom stereocenters. The summed E-state index contributed by atoms with van der Waals surface area (Å²) in [5.41, 5.74) is 1.12. The van der Waals surface area contributed by atoms with E-state index in [2.05, 4.69) is 31.1 Å². The number of nitrogens with one attached hydrogen (secondary N) is 1. The van der Waals surface area contributed by atoms with Gasteiger partial charge in [0.25, 0.3) is 0 Å². The van der Waals surface area contributed by atoms with E-state index >= 15 is 0 Å². The van der Waals surface area contributed by atoms with Gasteiger partial charge in [0.15, 0.2) is 0 Å². The van der Waals surface area contributed by atoms with Crippen LogP contribution in [0.1, 0.15) is 32.8 Å². The molecular weight excluding hydrogens is 188 g/mol. The Bertz CT molecular complexity index is 287. The number of hydrogen-bond acceptors (Lipinski definition) is 3. The number of rotatable bonds is 6. The van der Waals surface area contributed by atoms with E-state index < -0.39 is 0 Å². The van der Waals surface area contributed by atoms with Crippen LogP contribution >= 0.6 is 0 Å². The van der Waals surface area contributed by atoms with Gasteiger partial charge in [-0.1, -0.05) is 20.8 Å². The fraction of sp³-hybridized carbons (Fsp3) is 0.583. The molecule has 0 aromatic carbocycles. The van der Waals surface area contributed by atoms with Crippen molar-refractivity contribution in [3.8, 4) is 5.75 Å². The highest BCUT2D eigenvalue weighted by Gasteiger charge is 2.03. The molecule has 84 valence electrons. The number of ether oxygens (including phenoxy) is 1. The molecule has 3 heteroatoms. The molecule has 1 aromatic heterocycles. The van der Waals surface area contributed by atoms with Gasteiger partial charge >= 0.3 is 0 Å². The summed E-state index contributed by atoms with van der Waals surface area (Å²) in [6, 6.07) is 2.40. The van der Waals surface area contributed by atoms with Crippen LogP contribution < -0.4 is 10.1 Å². The zero-order valence-corrected chi connectivity index (χ0v) is 9.79. The Morgan fingerprint density at radius 2 is 2.27 bits per heavy atom. The molecule has 0 saturated heterocycles. The second-order valence-electron chi connectivity index (χ2n) is 3.87. The highest BCUT2D eigenvalue weighted by atomic mass is 16.5. The molecule has 1 aromatic rings. The molecule has 0 amide bonds. The summed E-state index contributed by atoms with van der Waals surface area (Å²) in [5, 5.41) is 3.36. The van der Waals surface area contributed by atoms with Gasteiger partial charge < -0.3 is 10.1 Å². The van der Waals surface area contributed by atoms with Crippen LogP contribution in [-0.4, -0.2) is 17.6 Å². The summed E-state index contributed by atoms with van der Waals surface area (Å²) in [5.74, 6) is 0.944. The van der Waals surface area contributed by atoms with Crippen LogP contribution in [0.25, 0.3) is 0 Å². The third-order valence-corrected chi connectivity index (χ3v) is 2.02. The summed E-state index contributed by atoms with van der Waals surface area (Å²) < 4.78 is 5.64. The minimum atomic E-state index is 0.476. The number of nitrogens with zero attached hydrogens (tertiary/aromatic N) is 1. The molecule has 0 bridgehead atoms. The molecule has 15 heavy (non-hydrogen) atoms. The van der Waals surface area contributed by atoms with Crippen LogP contribution in [0.5, 0.6) is 5.75 Å². The normalized spacial score (nSPS) is 10.7. The lowest BCUT2D eigenvalue weighted by Crippen LogP contribution is -2.22. The molecule has 1 N–H and O–H groups in total. The predicted octanol–water partition coefficient (Wildman–Crippen LogP) is 2.37. The molecule has 0 aliphatic carbocycles. The third-order valence-electron chi connectivity index (χ3n) is 2.02. The first-order valence-electron chi connectivity index (χ1n) is 5.53. The summed E-state index contributed by atoms with van der Waals surface area (Å²) >= 11 is 0. The van der Waals surface area contributed by atoms with Crippen molar-refractivity contribution in [2.24, 2.45) is 0 Å². The third kappa shape index (κ3) is 4.30. The van der Waals surface area contributed by atoms with Crippen molar-refractivity contribution in [3.63, 3.8) is 0 Å². The lowest BCUT2D eigenvalue weighted by atomic mass is 10.2. The predicted molar refractivity (Wildman–Crippen MR) is 62.0 cm³/mol. The minimum Gasteiger partial charge on any atom is -0.493 e. The minimum absolute atomic E-state index is 0.476. The topological polar surface area (TPSA) is 34.1 Å². The quantitative estimate of drug-likeness (QED) is 0.779. The zero-order chi connectivity index (χ0) is 11.1. The molecule has 0 fully saturated rings. The Balaban J connectivity index is 2.59. The molecular formula is C12H20N2O. The smallest absolute Gasteiger partial charge is 0.126 e. The number of pyridine rings is 1. The maximum Gasteiger partial charge on any atom is 0.126 e. The van der Waals surface area contributed by atoms with Crippen LogP contribution in [0.3, 0.4) is 0 Å². The summed E-state index contributed by atoms with van der Waals surface area (Å²) in [4.78, 5) is 4.11. The van der Waals surface area contributed by atoms with Crippen LogP contribution in [0.15, 0.2) is 18.5 Å². The van der Waals surface area contributed by atoms with Gasteiger partial charge in [-0.2, -0.15) is 0 Å². The lowest BCUT2D eigenvalue weighted by molar-refractivity contribution is 0.312. The highest BCUT2D eigenvalue weighted by molar-refractivity contribution is 5.29. The summed E-state index contributed by atoms with van der Waals surface area (Å²) in [7, 11) is 0. The van der Waals surface area contributed by atoms with Crippen LogP contribution in [0.2, 0.25) is 0 Å². The number of aromatic nitrogens is 1. The highest BCUT2D eigenvalue weighted by Crippen LogP contribution is 2.16.